The molecule has 2 aliphatic heterocycles. The summed E-state index contributed by atoms with van der Waals surface area (Å²) >= 11 is 0. The lowest BCUT2D eigenvalue weighted by Gasteiger charge is -2.36. The number of hydrogen-bond acceptors (Lipinski definition) is 5. The zero-order valence-electron chi connectivity index (χ0n) is 15.3. The highest BCUT2D eigenvalue weighted by Gasteiger charge is 2.25. The Balaban J connectivity index is 1.67. The van der Waals surface area contributed by atoms with Crippen molar-refractivity contribution in [3.05, 3.63) is 0 Å². The molecule has 2 aliphatic rings. The molecule has 0 bridgehead atoms. The molecule has 2 rings (SSSR count). The number of amides is 2. The zero-order valence-corrected chi connectivity index (χ0v) is 15.3. The van der Waals surface area contributed by atoms with E-state index < -0.39 is 0 Å². The van der Waals surface area contributed by atoms with Crippen LogP contribution in [0.15, 0.2) is 0 Å². The van der Waals surface area contributed by atoms with Crippen molar-refractivity contribution < 1.29 is 14.3 Å². The molecule has 0 atom stereocenters. The van der Waals surface area contributed by atoms with Gasteiger partial charge in [-0.25, -0.2) is 0 Å². The summed E-state index contributed by atoms with van der Waals surface area (Å²) in [6.45, 7) is 13.1. The summed E-state index contributed by atoms with van der Waals surface area (Å²) in [5.41, 5.74) is -0.149. The van der Waals surface area contributed by atoms with E-state index >= 15 is 0 Å². The summed E-state index contributed by atoms with van der Waals surface area (Å²) < 4.78 is 5.28. The van der Waals surface area contributed by atoms with E-state index in [4.69, 9.17) is 4.74 Å². The first kappa shape index (κ1) is 19.1. The topological polar surface area (TPSA) is 65.1 Å². The fourth-order valence-corrected chi connectivity index (χ4v) is 2.92. The maximum Gasteiger partial charge on any atom is 0.236 e. The Kier molecular flexibility index (Phi) is 7.01. The summed E-state index contributed by atoms with van der Waals surface area (Å²) in [4.78, 5) is 30.6. The van der Waals surface area contributed by atoms with Crippen LogP contribution in [0.25, 0.3) is 0 Å². The minimum Gasteiger partial charge on any atom is -0.378 e. The third kappa shape index (κ3) is 6.03. The number of piperazine rings is 1. The van der Waals surface area contributed by atoms with Gasteiger partial charge in [0.2, 0.25) is 11.8 Å². The highest BCUT2D eigenvalue weighted by molar-refractivity contribution is 5.79. The second-order valence-electron chi connectivity index (χ2n) is 7.33. The van der Waals surface area contributed by atoms with Crippen LogP contribution in [0.5, 0.6) is 0 Å². The predicted molar refractivity (Wildman–Crippen MR) is 92.8 cm³/mol. The molecule has 7 nitrogen and oxygen atoms in total. The first-order valence-electron chi connectivity index (χ1n) is 9.01. The third-order valence-corrected chi connectivity index (χ3v) is 4.92. The fourth-order valence-electron chi connectivity index (χ4n) is 2.92. The van der Waals surface area contributed by atoms with E-state index in [1.165, 1.54) is 0 Å². The predicted octanol–water partition coefficient (Wildman–Crippen LogP) is -0.232. The molecule has 24 heavy (non-hydrogen) atoms. The van der Waals surface area contributed by atoms with Crippen molar-refractivity contribution in [2.24, 2.45) is 0 Å². The van der Waals surface area contributed by atoms with Gasteiger partial charge in [0.1, 0.15) is 0 Å². The van der Waals surface area contributed by atoms with E-state index in [0.717, 1.165) is 32.6 Å². The summed E-state index contributed by atoms with van der Waals surface area (Å²) in [6.07, 6.45) is 0.913. The summed E-state index contributed by atoms with van der Waals surface area (Å²) in [5.74, 6) is 0.272. The quantitative estimate of drug-likeness (QED) is 0.723. The molecule has 2 fully saturated rings. The van der Waals surface area contributed by atoms with Crippen LogP contribution in [0.2, 0.25) is 0 Å². The minimum atomic E-state index is -0.149. The lowest BCUT2D eigenvalue weighted by atomic mass is 10.0. The van der Waals surface area contributed by atoms with Gasteiger partial charge >= 0.3 is 0 Å². The van der Waals surface area contributed by atoms with Crippen molar-refractivity contribution in [3.8, 4) is 0 Å². The number of morpholine rings is 1. The molecule has 138 valence electrons. The van der Waals surface area contributed by atoms with Crippen LogP contribution in [0, 0.1) is 0 Å². The Labute approximate surface area is 145 Å². The number of nitrogens with zero attached hydrogens (tertiary/aromatic N) is 3. The van der Waals surface area contributed by atoms with Gasteiger partial charge in [0, 0.05) is 44.8 Å². The molecule has 0 aromatic carbocycles. The average molecular weight is 340 g/mol. The van der Waals surface area contributed by atoms with Crippen molar-refractivity contribution >= 4 is 11.8 Å². The number of carbonyl (C=O) groups excluding carboxylic acids is 2. The smallest absolute Gasteiger partial charge is 0.236 e. The maximum atomic E-state index is 12.3. The van der Waals surface area contributed by atoms with Gasteiger partial charge in [0.05, 0.1) is 26.3 Å². The summed E-state index contributed by atoms with van der Waals surface area (Å²) in [5, 5.41) is 3.07. The number of hydrogen-bond donors (Lipinski definition) is 1. The summed E-state index contributed by atoms with van der Waals surface area (Å²) in [6, 6.07) is 0. The molecule has 0 aromatic heterocycles. The van der Waals surface area contributed by atoms with E-state index in [1.54, 1.807) is 0 Å². The molecular formula is C17H32N4O3. The highest BCUT2D eigenvalue weighted by Crippen LogP contribution is 2.08. The Bertz CT molecular complexity index is 428. The van der Waals surface area contributed by atoms with Crippen molar-refractivity contribution in [2.75, 3.05) is 65.6 Å². The molecule has 0 aromatic rings. The number of nitrogens with one attached hydrogen (secondary N) is 1. The number of carbonyl (C=O) groups is 2. The standard InChI is InChI=1S/C17H32N4O3/c1-4-17(2,3)18-15(22)13-19-5-7-20(8-6-19)14-16(23)21-9-11-24-12-10-21/h4-14H2,1-3H3,(H,18,22). The van der Waals surface area contributed by atoms with Crippen molar-refractivity contribution in [1.82, 2.24) is 20.0 Å². The van der Waals surface area contributed by atoms with E-state index in [-0.39, 0.29) is 17.4 Å². The number of ether oxygens (including phenoxy) is 1. The molecule has 0 aliphatic carbocycles. The van der Waals surface area contributed by atoms with Gasteiger partial charge in [-0.1, -0.05) is 6.92 Å². The molecule has 2 saturated heterocycles. The van der Waals surface area contributed by atoms with Gasteiger partial charge in [0.25, 0.3) is 0 Å². The monoisotopic (exact) mass is 340 g/mol. The van der Waals surface area contributed by atoms with Gasteiger partial charge in [-0.2, -0.15) is 0 Å². The lowest BCUT2D eigenvalue weighted by molar-refractivity contribution is -0.137. The van der Waals surface area contributed by atoms with Crippen molar-refractivity contribution in [1.29, 1.82) is 0 Å². The van der Waals surface area contributed by atoms with Crippen LogP contribution in [-0.4, -0.2) is 97.6 Å². The Hall–Kier alpha value is -1.18. The first-order valence-corrected chi connectivity index (χ1v) is 9.01. The molecule has 0 spiro atoms. The molecule has 7 heteroatoms. The van der Waals surface area contributed by atoms with Crippen LogP contribution >= 0.6 is 0 Å². The van der Waals surface area contributed by atoms with E-state index in [2.05, 4.69) is 22.0 Å². The second kappa shape index (κ2) is 8.78. The Morgan fingerprint density at radius 1 is 0.958 bits per heavy atom. The average Bonchev–Trinajstić information content (AvgIpc) is 2.57. The van der Waals surface area contributed by atoms with Gasteiger partial charge in [0.15, 0.2) is 0 Å². The second-order valence-corrected chi connectivity index (χ2v) is 7.33. The van der Waals surface area contributed by atoms with Crippen LogP contribution in [0.1, 0.15) is 27.2 Å². The van der Waals surface area contributed by atoms with Crippen LogP contribution in [0.4, 0.5) is 0 Å². The lowest BCUT2D eigenvalue weighted by Crippen LogP contribution is -2.54. The Morgan fingerprint density at radius 3 is 2.04 bits per heavy atom. The maximum absolute atomic E-state index is 12.3. The van der Waals surface area contributed by atoms with Crippen LogP contribution in [-0.2, 0) is 14.3 Å². The van der Waals surface area contributed by atoms with Crippen LogP contribution in [0.3, 0.4) is 0 Å². The SMILES string of the molecule is CCC(C)(C)NC(=O)CN1CCN(CC(=O)N2CCOCC2)CC1. The molecule has 2 amide bonds. The zero-order chi connectivity index (χ0) is 17.6. The largest absolute Gasteiger partial charge is 0.378 e. The molecule has 1 N–H and O–H groups in total. The molecule has 0 saturated carbocycles. The van der Waals surface area contributed by atoms with E-state index in [9.17, 15) is 9.59 Å². The van der Waals surface area contributed by atoms with Crippen LogP contribution < -0.4 is 5.32 Å². The van der Waals surface area contributed by atoms with E-state index in [1.807, 2.05) is 18.7 Å². The van der Waals surface area contributed by atoms with Gasteiger partial charge < -0.3 is 15.0 Å². The highest BCUT2D eigenvalue weighted by atomic mass is 16.5. The van der Waals surface area contributed by atoms with Gasteiger partial charge in [-0.3, -0.25) is 19.4 Å². The molecule has 2 heterocycles. The van der Waals surface area contributed by atoms with E-state index in [0.29, 0.717) is 39.4 Å². The van der Waals surface area contributed by atoms with Gasteiger partial charge in [-0.15, -0.1) is 0 Å². The summed E-state index contributed by atoms with van der Waals surface area (Å²) in [7, 11) is 0. The minimum absolute atomic E-state index is 0.0830. The third-order valence-electron chi connectivity index (χ3n) is 4.92. The number of rotatable bonds is 6. The van der Waals surface area contributed by atoms with Crippen molar-refractivity contribution in [2.45, 2.75) is 32.7 Å². The molecule has 0 radical (unpaired) electrons. The van der Waals surface area contributed by atoms with Crippen molar-refractivity contribution in [3.63, 3.8) is 0 Å². The first-order chi connectivity index (χ1) is 11.4. The molecule has 0 unspecified atom stereocenters. The van der Waals surface area contributed by atoms with Gasteiger partial charge in [-0.05, 0) is 20.3 Å². The normalized spacial score (nSPS) is 20.9. The Morgan fingerprint density at radius 2 is 1.50 bits per heavy atom. The fraction of sp³-hybridized carbons (Fsp3) is 0.882. The molecular weight excluding hydrogens is 308 g/mol.